The maximum Gasteiger partial charge on any atom is 0.128 e. The largest absolute Gasteiger partial charge is 0.457 e. The zero-order valence-electron chi connectivity index (χ0n) is 16.2. The zero-order valence-corrected chi connectivity index (χ0v) is 16.2. The van der Waals surface area contributed by atoms with E-state index in [0.717, 1.165) is 35.3 Å². The van der Waals surface area contributed by atoms with Crippen LogP contribution in [0.1, 0.15) is 33.6 Å². The van der Waals surface area contributed by atoms with E-state index in [1.807, 2.05) is 42.5 Å². The molecule has 0 fully saturated rings. The summed E-state index contributed by atoms with van der Waals surface area (Å²) in [7, 11) is 0. The van der Waals surface area contributed by atoms with Crippen molar-refractivity contribution in [3.05, 3.63) is 91.2 Å². The Hall–Kier alpha value is -2.54. The third-order valence-electron chi connectivity index (χ3n) is 4.67. The maximum atomic E-state index is 6.07. The highest BCUT2D eigenvalue weighted by Crippen LogP contribution is 2.25. The minimum Gasteiger partial charge on any atom is -0.457 e. The van der Waals surface area contributed by atoms with Gasteiger partial charge >= 0.3 is 0 Å². The van der Waals surface area contributed by atoms with Gasteiger partial charge in [0.1, 0.15) is 11.5 Å². The lowest BCUT2D eigenvalue weighted by Gasteiger charge is -2.13. The second-order valence-electron chi connectivity index (χ2n) is 7.00. The summed E-state index contributed by atoms with van der Waals surface area (Å²) in [4.78, 5) is 0. The number of rotatable bonds is 9. The smallest absolute Gasteiger partial charge is 0.128 e. The summed E-state index contributed by atoms with van der Waals surface area (Å²) in [5.74, 6) is 3.10. The Morgan fingerprint density at radius 1 is 1.00 bits per heavy atom. The van der Waals surface area contributed by atoms with Crippen molar-refractivity contribution in [1.29, 1.82) is 0 Å². The van der Waals surface area contributed by atoms with Crippen molar-refractivity contribution in [3.63, 3.8) is 0 Å². The summed E-state index contributed by atoms with van der Waals surface area (Å²) in [5, 5.41) is 0. The molecule has 0 radical (unpaired) electrons. The van der Waals surface area contributed by atoms with Gasteiger partial charge in [-0.15, -0.1) is 0 Å². The lowest BCUT2D eigenvalue weighted by Crippen LogP contribution is -2.02. The number of ether oxygens (including phenoxy) is 1. The molecule has 1 unspecified atom stereocenters. The Balaban J connectivity index is 2.04. The van der Waals surface area contributed by atoms with Crippen LogP contribution in [0.25, 0.3) is 11.1 Å². The van der Waals surface area contributed by atoms with Gasteiger partial charge in [-0.2, -0.15) is 0 Å². The summed E-state index contributed by atoms with van der Waals surface area (Å²) in [6.07, 6.45) is 10.1. The Bertz CT molecular complexity index is 738. The van der Waals surface area contributed by atoms with Gasteiger partial charge < -0.3 is 4.74 Å². The molecule has 2 aromatic rings. The molecule has 0 aliphatic rings. The van der Waals surface area contributed by atoms with Gasteiger partial charge in [0, 0.05) is 0 Å². The standard InChI is InChI=1S/C25H30O/c1-5-12-24(17-10-9-13-21(4)20(2)3)26-25-18-11-16-23(19-25)22-14-7-6-8-15-22/h5-8,10-12,14-21H,1,9,13H2,2-4H3/b17-10-,24-12+. The highest BCUT2D eigenvalue weighted by Gasteiger charge is 2.05. The molecule has 0 aromatic heterocycles. The first-order chi connectivity index (χ1) is 12.6. The van der Waals surface area contributed by atoms with E-state index in [0.29, 0.717) is 0 Å². The number of benzene rings is 2. The van der Waals surface area contributed by atoms with Gasteiger partial charge in [0.2, 0.25) is 0 Å². The molecule has 1 heteroatoms. The molecule has 1 atom stereocenters. The van der Waals surface area contributed by atoms with Crippen LogP contribution in [0.15, 0.2) is 91.2 Å². The van der Waals surface area contributed by atoms with Crippen molar-refractivity contribution in [2.75, 3.05) is 0 Å². The summed E-state index contributed by atoms with van der Waals surface area (Å²) in [5.41, 5.74) is 2.33. The van der Waals surface area contributed by atoms with Crippen molar-refractivity contribution in [1.82, 2.24) is 0 Å². The Morgan fingerprint density at radius 3 is 2.42 bits per heavy atom. The van der Waals surface area contributed by atoms with Gasteiger partial charge in [-0.05, 0) is 60.1 Å². The molecule has 0 amide bonds. The highest BCUT2D eigenvalue weighted by molar-refractivity contribution is 5.64. The molecular formula is C25H30O. The number of allylic oxidation sites excluding steroid dienone is 4. The van der Waals surface area contributed by atoms with Gasteiger partial charge in [-0.25, -0.2) is 0 Å². The molecule has 2 aromatic carbocycles. The van der Waals surface area contributed by atoms with Crippen LogP contribution in [-0.2, 0) is 0 Å². The molecule has 0 heterocycles. The van der Waals surface area contributed by atoms with Crippen LogP contribution in [0.2, 0.25) is 0 Å². The van der Waals surface area contributed by atoms with Crippen LogP contribution < -0.4 is 4.74 Å². The van der Waals surface area contributed by atoms with Crippen LogP contribution in [0, 0.1) is 11.8 Å². The molecule has 0 spiro atoms. The molecule has 0 N–H and O–H groups in total. The Labute approximate surface area is 158 Å². The summed E-state index contributed by atoms with van der Waals surface area (Å²) in [6.45, 7) is 10.7. The van der Waals surface area contributed by atoms with Gasteiger partial charge in [0.15, 0.2) is 0 Å². The minimum atomic E-state index is 0.726. The molecule has 0 saturated heterocycles. The first kappa shape index (κ1) is 19.8. The van der Waals surface area contributed by atoms with Crippen LogP contribution in [0.3, 0.4) is 0 Å². The summed E-state index contributed by atoms with van der Waals surface area (Å²) in [6, 6.07) is 18.5. The van der Waals surface area contributed by atoms with E-state index >= 15 is 0 Å². The van der Waals surface area contributed by atoms with Crippen molar-refractivity contribution >= 4 is 0 Å². The van der Waals surface area contributed by atoms with Crippen LogP contribution >= 0.6 is 0 Å². The third-order valence-corrected chi connectivity index (χ3v) is 4.67. The minimum absolute atomic E-state index is 0.726. The average molecular weight is 347 g/mol. The van der Waals surface area contributed by atoms with Crippen LogP contribution in [0.5, 0.6) is 5.75 Å². The van der Waals surface area contributed by atoms with E-state index in [1.165, 1.54) is 12.0 Å². The number of hydrogen-bond donors (Lipinski definition) is 0. The molecule has 136 valence electrons. The fourth-order valence-corrected chi connectivity index (χ4v) is 2.64. The van der Waals surface area contributed by atoms with E-state index in [9.17, 15) is 0 Å². The van der Waals surface area contributed by atoms with E-state index in [4.69, 9.17) is 4.74 Å². The van der Waals surface area contributed by atoms with Crippen LogP contribution in [0.4, 0.5) is 0 Å². The predicted octanol–water partition coefficient (Wildman–Crippen LogP) is 7.43. The molecule has 0 aliphatic heterocycles. The van der Waals surface area contributed by atoms with Crippen LogP contribution in [-0.4, -0.2) is 0 Å². The monoisotopic (exact) mass is 346 g/mol. The van der Waals surface area contributed by atoms with E-state index in [2.05, 4.69) is 57.7 Å². The van der Waals surface area contributed by atoms with Crippen molar-refractivity contribution in [2.24, 2.45) is 11.8 Å². The lowest BCUT2D eigenvalue weighted by atomic mass is 9.93. The van der Waals surface area contributed by atoms with Crippen molar-refractivity contribution in [3.8, 4) is 16.9 Å². The van der Waals surface area contributed by atoms with E-state index in [1.54, 1.807) is 6.08 Å². The molecule has 2 rings (SSSR count). The topological polar surface area (TPSA) is 9.23 Å². The first-order valence-corrected chi connectivity index (χ1v) is 9.42. The fraction of sp³-hybridized carbons (Fsp3) is 0.280. The Morgan fingerprint density at radius 2 is 1.73 bits per heavy atom. The molecule has 0 aliphatic carbocycles. The third kappa shape index (κ3) is 6.40. The van der Waals surface area contributed by atoms with Gasteiger partial charge in [0.05, 0.1) is 0 Å². The molecule has 1 nitrogen and oxygen atoms in total. The van der Waals surface area contributed by atoms with Gasteiger partial charge in [-0.1, -0.05) is 82.0 Å². The first-order valence-electron chi connectivity index (χ1n) is 9.42. The SMILES string of the molecule is C=C/C=C(\C=C/CCC(C)C(C)C)Oc1cccc(-c2ccccc2)c1. The Kier molecular flexibility index (Phi) is 7.95. The molecular weight excluding hydrogens is 316 g/mol. The highest BCUT2D eigenvalue weighted by atomic mass is 16.5. The van der Waals surface area contributed by atoms with Crippen molar-refractivity contribution in [2.45, 2.75) is 33.6 Å². The van der Waals surface area contributed by atoms with Gasteiger partial charge in [0.25, 0.3) is 0 Å². The van der Waals surface area contributed by atoms with Crippen molar-refractivity contribution < 1.29 is 4.74 Å². The normalized spacial score (nSPS) is 13.2. The summed E-state index contributed by atoms with van der Waals surface area (Å²) >= 11 is 0. The number of hydrogen-bond acceptors (Lipinski definition) is 1. The average Bonchev–Trinajstić information content (AvgIpc) is 2.66. The summed E-state index contributed by atoms with van der Waals surface area (Å²) < 4.78 is 6.07. The lowest BCUT2D eigenvalue weighted by molar-refractivity contribution is 0.395. The van der Waals surface area contributed by atoms with Gasteiger partial charge in [-0.3, -0.25) is 0 Å². The second kappa shape index (κ2) is 10.5. The molecule has 26 heavy (non-hydrogen) atoms. The second-order valence-corrected chi connectivity index (χ2v) is 7.00. The zero-order chi connectivity index (χ0) is 18.8. The fourth-order valence-electron chi connectivity index (χ4n) is 2.64. The molecule has 0 saturated carbocycles. The maximum absolute atomic E-state index is 6.07. The molecule has 0 bridgehead atoms. The van der Waals surface area contributed by atoms with E-state index < -0.39 is 0 Å². The predicted molar refractivity (Wildman–Crippen MR) is 113 cm³/mol. The quantitative estimate of drug-likeness (QED) is 0.339. The van der Waals surface area contributed by atoms with E-state index in [-0.39, 0.29) is 0 Å².